The summed E-state index contributed by atoms with van der Waals surface area (Å²) in [6.07, 6.45) is 2.98. The Kier molecular flexibility index (Phi) is 7.16. The van der Waals surface area contributed by atoms with Gasteiger partial charge in [-0.25, -0.2) is 0 Å². The van der Waals surface area contributed by atoms with E-state index in [4.69, 9.17) is 11.6 Å². The Hall–Kier alpha value is -2.79. The number of carbonyl (C=O) groups is 2. The quantitative estimate of drug-likeness (QED) is 0.504. The van der Waals surface area contributed by atoms with Gasteiger partial charge in [0.2, 0.25) is 11.8 Å². The highest BCUT2D eigenvalue weighted by molar-refractivity contribution is 6.30. The van der Waals surface area contributed by atoms with Gasteiger partial charge in [-0.2, -0.15) is 0 Å². The topological polar surface area (TPSA) is 74.0 Å². The number of carbonyl (C=O) groups excluding carboxylic acids is 2. The molecule has 2 unspecified atom stereocenters. The van der Waals surface area contributed by atoms with Crippen molar-refractivity contribution in [1.82, 2.24) is 15.6 Å². The normalized spacial score (nSPS) is 13.2. The van der Waals surface area contributed by atoms with Crippen molar-refractivity contribution in [2.75, 3.05) is 0 Å². The van der Waals surface area contributed by atoms with Crippen molar-refractivity contribution in [3.63, 3.8) is 0 Å². The monoisotopic (exact) mass is 425 g/mol. The van der Waals surface area contributed by atoms with Gasteiger partial charge < -0.3 is 15.6 Å². The number of rotatable bonds is 8. The van der Waals surface area contributed by atoms with E-state index in [9.17, 15) is 9.59 Å². The second-order valence-electron chi connectivity index (χ2n) is 8.02. The van der Waals surface area contributed by atoms with E-state index in [2.05, 4.69) is 15.6 Å². The van der Waals surface area contributed by atoms with E-state index in [0.717, 1.165) is 22.0 Å². The predicted octanol–water partition coefficient (Wildman–Crippen LogP) is 4.25. The van der Waals surface area contributed by atoms with Crippen LogP contribution in [-0.4, -0.2) is 28.9 Å². The van der Waals surface area contributed by atoms with E-state index < -0.39 is 6.04 Å². The Labute approximate surface area is 182 Å². The zero-order valence-electron chi connectivity index (χ0n) is 17.5. The minimum Gasteiger partial charge on any atom is -0.361 e. The Morgan fingerprint density at radius 2 is 1.73 bits per heavy atom. The molecule has 0 saturated carbocycles. The van der Waals surface area contributed by atoms with Gasteiger partial charge in [0.15, 0.2) is 0 Å². The Bertz CT molecular complexity index is 1030. The summed E-state index contributed by atoms with van der Waals surface area (Å²) in [5, 5.41) is 7.69. The lowest BCUT2D eigenvalue weighted by atomic mass is 10.0. The summed E-state index contributed by atoms with van der Waals surface area (Å²) in [6.45, 7) is 5.58. The molecule has 158 valence electrons. The van der Waals surface area contributed by atoms with Crippen LogP contribution in [0.4, 0.5) is 0 Å². The van der Waals surface area contributed by atoms with Crippen LogP contribution in [0.5, 0.6) is 0 Å². The second-order valence-corrected chi connectivity index (χ2v) is 8.46. The van der Waals surface area contributed by atoms with Crippen molar-refractivity contribution in [1.29, 1.82) is 0 Å². The van der Waals surface area contributed by atoms with E-state index in [0.29, 0.717) is 17.9 Å². The van der Waals surface area contributed by atoms with E-state index in [1.54, 1.807) is 0 Å². The number of H-pyrrole nitrogens is 1. The fraction of sp³-hybridized carbons (Fsp3) is 0.333. The van der Waals surface area contributed by atoms with Gasteiger partial charge in [-0.3, -0.25) is 9.59 Å². The zero-order valence-corrected chi connectivity index (χ0v) is 18.3. The van der Waals surface area contributed by atoms with Crippen LogP contribution in [0.3, 0.4) is 0 Å². The van der Waals surface area contributed by atoms with E-state index in [1.165, 1.54) is 0 Å². The lowest BCUT2D eigenvalue weighted by Crippen LogP contribution is -2.51. The van der Waals surface area contributed by atoms with Crippen LogP contribution in [0.2, 0.25) is 5.02 Å². The van der Waals surface area contributed by atoms with Crippen molar-refractivity contribution in [2.24, 2.45) is 5.92 Å². The molecule has 2 aromatic carbocycles. The number of aromatic amines is 1. The number of amides is 2. The number of para-hydroxylation sites is 1. The molecule has 1 aromatic heterocycles. The van der Waals surface area contributed by atoms with Gasteiger partial charge in [0.25, 0.3) is 0 Å². The lowest BCUT2D eigenvalue weighted by Gasteiger charge is -2.22. The van der Waals surface area contributed by atoms with Crippen LogP contribution < -0.4 is 10.6 Å². The van der Waals surface area contributed by atoms with Gasteiger partial charge >= 0.3 is 0 Å². The number of fused-ring (bicyclic) bond motifs is 1. The molecule has 30 heavy (non-hydrogen) atoms. The molecule has 0 radical (unpaired) electrons. The molecule has 0 bridgehead atoms. The van der Waals surface area contributed by atoms with Gasteiger partial charge in [0.05, 0.1) is 0 Å². The maximum absolute atomic E-state index is 13.1. The molecule has 0 aliphatic heterocycles. The van der Waals surface area contributed by atoms with Crippen molar-refractivity contribution in [2.45, 2.75) is 45.7 Å². The average molecular weight is 426 g/mol. The number of hydrogen-bond donors (Lipinski definition) is 3. The van der Waals surface area contributed by atoms with Gasteiger partial charge in [0, 0.05) is 40.5 Å². The van der Waals surface area contributed by atoms with Crippen molar-refractivity contribution in [3.8, 4) is 0 Å². The van der Waals surface area contributed by atoms with Crippen molar-refractivity contribution in [3.05, 3.63) is 70.9 Å². The Morgan fingerprint density at radius 1 is 0.967 bits per heavy atom. The van der Waals surface area contributed by atoms with E-state index in [-0.39, 0.29) is 23.8 Å². The summed E-state index contributed by atoms with van der Waals surface area (Å²) < 4.78 is 0. The summed E-state index contributed by atoms with van der Waals surface area (Å²) in [6, 6.07) is 14.8. The van der Waals surface area contributed by atoms with Crippen LogP contribution >= 0.6 is 11.6 Å². The van der Waals surface area contributed by atoms with E-state index >= 15 is 0 Å². The smallest absolute Gasteiger partial charge is 0.243 e. The third-order valence-electron chi connectivity index (χ3n) is 5.08. The molecule has 3 aromatic rings. The van der Waals surface area contributed by atoms with Gasteiger partial charge in [-0.1, -0.05) is 55.8 Å². The molecular formula is C24H28ClN3O2. The van der Waals surface area contributed by atoms with Gasteiger partial charge in [0.1, 0.15) is 6.04 Å². The number of benzene rings is 2. The summed E-state index contributed by atoms with van der Waals surface area (Å²) >= 11 is 6.06. The molecule has 0 aliphatic rings. The number of halogens is 1. The predicted molar refractivity (Wildman–Crippen MR) is 122 cm³/mol. The Balaban J connectivity index is 1.73. The third-order valence-corrected chi connectivity index (χ3v) is 5.31. The van der Waals surface area contributed by atoms with Gasteiger partial charge in [-0.15, -0.1) is 0 Å². The van der Waals surface area contributed by atoms with Crippen LogP contribution in [0, 0.1) is 5.92 Å². The highest BCUT2D eigenvalue weighted by Gasteiger charge is 2.24. The highest BCUT2D eigenvalue weighted by atomic mass is 35.5. The molecule has 0 saturated heterocycles. The fourth-order valence-corrected chi connectivity index (χ4v) is 3.69. The first-order valence-corrected chi connectivity index (χ1v) is 10.6. The molecule has 3 rings (SSSR count). The minimum absolute atomic E-state index is 0.0996. The first-order valence-electron chi connectivity index (χ1n) is 10.2. The van der Waals surface area contributed by atoms with Gasteiger partial charge in [-0.05, 0) is 42.7 Å². The first-order chi connectivity index (χ1) is 14.3. The molecule has 3 N–H and O–H groups in total. The molecule has 2 atom stereocenters. The maximum atomic E-state index is 13.1. The van der Waals surface area contributed by atoms with Crippen LogP contribution in [0.15, 0.2) is 54.7 Å². The molecule has 6 heteroatoms. The van der Waals surface area contributed by atoms with Crippen LogP contribution in [0.25, 0.3) is 10.9 Å². The van der Waals surface area contributed by atoms with Crippen molar-refractivity contribution >= 4 is 34.3 Å². The molecule has 0 aliphatic carbocycles. The number of hydrogen-bond acceptors (Lipinski definition) is 2. The number of nitrogens with one attached hydrogen (secondary N) is 3. The number of aromatic nitrogens is 1. The molecular weight excluding hydrogens is 398 g/mol. The van der Waals surface area contributed by atoms with Crippen molar-refractivity contribution < 1.29 is 9.59 Å². The largest absolute Gasteiger partial charge is 0.361 e. The molecule has 5 nitrogen and oxygen atoms in total. The second kappa shape index (κ2) is 9.81. The highest BCUT2D eigenvalue weighted by Crippen LogP contribution is 2.19. The Morgan fingerprint density at radius 3 is 2.47 bits per heavy atom. The SMILES string of the molecule is CC(Cc1cccc(Cl)c1)NC(=O)C(Cc1c[nH]c2ccccc12)NC(=O)C(C)C. The average Bonchev–Trinajstić information content (AvgIpc) is 3.10. The first kappa shape index (κ1) is 21.9. The van der Waals surface area contributed by atoms with Crippen LogP contribution in [-0.2, 0) is 22.4 Å². The summed E-state index contributed by atoms with van der Waals surface area (Å²) in [7, 11) is 0. The fourth-order valence-electron chi connectivity index (χ4n) is 3.48. The zero-order chi connectivity index (χ0) is 21.7. The summed E-state index contributed by atoms with van der Waals surface area (Å²) in [5.74, 6) is -0.534. The summed E-state index contributed by atoms with van der Waals surface area (Å²) in [4.78, 5) is 28.6. The summed E-state index contributed by atoms with van der Waals surface area (Å²) in [5.41, 5.74) is 3.06. The molecule has 2 amide bonds. The maximum Gasteiger partial charge on any atom is 0.243 e. The molecule has 1 heterocycles. The standard InChI is InChI=1S/C24H28ClN3O2/c1-15(2)23(29)28-22(13-18-14-26-21-10-5-4-9-20(18)21)24(30)27-16(3)11-17-7-6-8-19(25)12-17/h4-10,12,14-16,22,26H,11,13H2,1-3H3,(H,27,30)(H,28,29). The molecule has 0 spiro atoms. The molecule has 0 fully saturated rings. The van der Waals surface area contributed by atoms with E-state index in [1.807, 2.05) is 75.5 Å². The third kappa shape index (κ3) is 5.63. The lowest BCUT2D eigenvalue weighted by molar-refractivity contribution is -0.130. The van der Waals surface area contributed by atoms with Crippen LogP contribution in [0.1, 0.15) is 31.9 Å². The minimum atomic E-state index is -0.652.